The maximum absolute atomic E-state index is 13.8. The van der Waals surface area contributed by atoms with Gasteiger partial charge in [-0.15, -0.1) is 0 Å². The van der Waals surface area contributed by atoms with E-state index in [-0.39, 0.29) is 5.82 Å². The normalized spacial score (nSPS) is 10.4. The smallest absolute Gasteiger partial charge is 0.131 e. The van der Waals surface area contributed by atoms with E-state index in [1.165, 1.54) is 11.6 Å². The van der Waals surface area contributed by atoms with E-state index >= 15 is 0 Å². The van der Waals surface area contributed by atoms with Crippen molar-refractivity contribution in [1.29, 1.82) is 0 Å². The summed E-state index contributed by atoms with van der Waals surface area (Å²) in [5.41, 5.74) is 2.60. The first-order chi connectivity index (χ1) is 8.74. The van der Waals surface area contributed by atoms with E-state index < -0.39 is 0 Å². The molecule has 0 N–H and O–H groups in total. The van der Waals surface area contributed by atoms with E-state index in [1.54, 1.807) is 12.1 Å². The molecule has 2 aromatic carbocycles. The van der Waals surface area contributed by atoms with Crippen molar-refractivity contribution in [1.82, 2.24) is 0 Å². The summed E-state index contributed by atoms with van der Waals surface area (Å²) in [5, 5.41) is 0.800. The van der Waals surface area contributed by atoms with E-state index in [0.717, 1.165) is 10.9 Å². The van der Waals surface area contributed by atoms with Gasteiger partial charge in [-0.2, -0.15) is 0 Å². The molecule has 94 valence electrons. The van der Waals surface area contributed by atoms with E-state index in [9.17, 15) is 4.39 Å². The Morgan fingerprint density at radius 3 is 2.44 bits per heavy atom. The van der Waals surface area contributed by atoms with Gasteiger partial charge in [-0.25, -0.2) is 4.39 Å². The maximum Gasteiger partial charge on any atom is 0.131 e. The van der Waals surface area contributed by atoms with Crippen molar-refractivity contribution in [2.45, 2.75) is 12.3 Å². The first-order valence-electron chi connectivity index (χ1n) is 5.82. The Balaban J connectivity index is 2.38. The van der Waals surface area contributed by atoms with Crippen LogP contribution in [0.1, 0.15) is 12.5 Å². The van der Waals surface area contributed by atoms with Crippen molar-refractivity contribution in [3.05, 3.63) is 53.8 Å². The van der Waals surface area contributed by atoms with Gasteiger partial charge in [-0.05, 0) is 36.2 Å². The lowest BCUT2D eigenvalue weighted by atomic mass is 10.0. The van der Waals surface area contributed by atoms with Gasteiger partial charge in [0.25, 0.3) is 0 Å². The van der Waals surface area contributed by atoms with Gasteiger partial charge >= 0.3 is 0 Å². The Bertz CT molecular complexity index is 523. The molecule has 0 radical (unpaired) electrons. The Hall–Kier alpha value is -1.35. The minimum Gasteiger partial charge on any atom is -0.494 e. The summed E-state index contributed by atoms with van der Waals surface area (Å²) in [6.45, 7) is 2.49. The highest BCUT2D eigenvalue weighted by Crippen LogP contribution is 2.27. The van der Waals surface area contributed by atoms with Crippen LogP contribution in [0, 0.1) is 5.82 Å². The first kappa shape index (κ1) is 13.1. The van der Waals surface area contributed by atoms with E-state index in [0.29, 0.717) is 17.9 Å². The van der Waals surface area contributed by atoms with Crippen LogP contribution in [0.3, 0.4) is 0 Å². The zero-order chi connectivity index (χ0) is 13.0. The van der Waals surface area contributed by atoms with Crippen LogP contribution in [-0.2, 0) is 5.33 Å². The third kappa shape index (κ3) is 2.91. The van der Waals surface area contributed by atoms with E-state index in [4.69, 9.17) is 4.74 Å². The first-order valence-corrected chi connectivity index (χ1v) is 6.94. The van der Waals surface area contributed by atoms with Crippen LogP contribution < -0.4 is 4.74 Å². The fourth-order valence-electron chi connectivity index (χ4n) is 1.76. The Morgan fingerprint density at radius 1 is 1.11 bits per heavy atom. The second-order valence-electron chi connectivity index (χ2n) is 3.91. The van der Waals surface area contributed by atoms with Gasteiger partial charge < -0.3 is 4.74 Å². The summed E-state index contributed by atoms with van der Waals surface area (Å²) in [6.07, 6.45) is 0. The van der Waals surface area contributed by atoms with E-state index in [1.807, 2.05) is 31.2 Å². The zero-order valence-corrected chi connectivity index (χ0v) is 11.7. The lowest BCUT2D eigenvalue weighted by Crippen LogP contribution is -1.93. The third-order valence-corrected chi connectivity index (χ3v) is 3.32. The molecular weight excluding hydrogens is 295 g/mol. The van der Waals surface area contributed by atoms with Gasteiger partial charge in [0.05, 0.1) is 6.61 Å². The second-order valence-corrected chi connectivity index (χ2v) is 4.47. The Kier molecular flexibility index (Phi) is 4.37. The minimum atomic E-state index is -0.231. The molecule has 0 aromatic heterocycles. The second kappa shape index (κ2) is 6.01. The molecular formula is C15H14BrFO. The number of hydrogen-bond donors (Lipinski definition) is 0. The lowest BCUT2D eigenvalue weighted by Gasteiger charge is -2.08. The van der Waals surface area contributed by atoms with Crippen LogP contribution in [-0.4, -0.2) is 6.61 Å². The molecule has 0 fully saturated rings. The van der Waals surface area contributed by atoms with Crippen molar-refractivity contribution in [2.75, 3.05) is 6.61 Å². The number of halogens is 2. The predicted octanol–water partition coefficient (Wildman–Crippen LogP) is 4.79. The van der Waals surface area contributed by atoms with Crippen molar-refractivity contribution in [2.24, 2.45) is 0 Å². The zero-order valence-electron chi connectivity index (χ0n) is 10.1. The minimum absolute atomic E-state index is 0.231. The summed E-state index contributed by atoms with van der Waals surface area (Å²) in [5.74, 6) is 0.462. The Morgan fingerprint density at radius 2 is 1.83 bits per heavy atom. The molecule has 0 aliphatic carbocycles. The molecule has 2 rings (SSSR count). The van der Waals surface area contributed by atoms with Gasteiger partial charge in [0, 0.05) is 10.9 Å². The van der Waals surface area contributed by atoms with Gasteiger partial charge in [0.1, 0.15) is 11.6 Å². The highest BCUT2D eigenvalue weighted by molar-refractivity contribution is 9.08. The molecule has 0 saturated heterocycles. The quantitative estimate of drug-likeness (QED) is 0.738. The molecule has 0 bridgehead atoms. The average molecular weight is 309 g/mol. The van der Waals surface area contributed by atoms with Crippen LogP contribution in [0.2, 0.25) is 0 Å². The van der Waals surface area contributed by atoms with Crippen LogP contribution in [0.15, 0.2) is 42.5 Å². The number of benzene rings is 2. The number of ether oxygens (including phenoxy) is 1. The van der Waals surface area contributed by atoms with Crippen LogP contribution in [0.4, 0.5) is 4.39 Å². The molecule has 0 spiro atoms. The Labute approximate surface area is 115 Å². The van der Waals surface area contributed by atoms with Gasteiger partial charge in [-0.3, -0.25) is 0 Å². The fraction of sp³-hybridized carbons (Fsp3) is 0.200. The van der Waals surface area contributed by atoms with Gasteiger partial charge in [-0.1, -0.05) is 40.2 Å². The molecule has 3 heteroatoms. The summed E-state index contributed by atoms with van der Waals surface area (Å²) in [4.78, 5) is 0. The third-order valence-electron chi connectivity index (χ3n) is 2.67. The topological polar surface area (TPSA) is 9.23 Å². The molecule has 0 aliphatic heterocycles. The average Bonchev–Trinajstić information content (AvgIpc) is 2.41. The van der Waals surface area contributed by atoms with Crippen LogP contribution in [0.5, 0.6) is 5.75 Å². The molecule has 0 unspecified atom stereocenters. The van der Waals surface area contributed by atoms with Gasteiger partial charge in [0.15, 0.2) is 0 Å². The van der Waals surface area contributed by atoms with E-state index in [2.05, 4.69) is 15.9 Å². The summed E-state index contributed by atoms with van der Waals surface area (Å²) in [6, 6.07) is 12.6. The van der Waals surface area contributed by atoms with Crippen molar-refractivity contribution in [3.8, 4) is 16.9 Å². The molecule has 1 nitrogen and oxygen atoms in total. The molecule has 0 atom stereocenters. The summed E-state index contributed by atoms with van der Waals surface area (Å²) >= 11 is 3.39. The molecule has 0 aliphatic rings. The molecule has 0 heterocycles. The monoisotopic (exact) mass is 308 g/mol. The molecule has 18 heavy (non-hydrogen) atoms. The lowest BCUT2D eigenvalue weighted by molar-refractivity contribution is 0.340. The number of rotatable bonds is 4. The largest absolute Gasteiger partial charge is 0.494 e. The van der Waals surface area contributed by atoms with Crippen LogP contribution in [0.25, 0.3) is 11.1 Å². The number of alkyl halides is 1. The highest BCUT2D eigenvalue weighted by Gasteiger charge is 2.07. The van der Waals surface area contributed by atoms with Crippen LogP contribution >= 0.6 is 15.9 Å². The molecule has 2 aromatic rings. The SMILES string of the molecule is CCOc1ccc(F)c(-c2ccc(CBr)cc2)c1. The molecule has 0 amide bonds. The highest BCUT2D eigenvalue weighted by atomic mass is 79.9. The van der Waals surface area contributed by atoms with Crippen molar-refractivity contribution >= 4 is 15.9 Å². The van der Waals surface area contributed by atoms with Crippen molar-refractivity contribution in [3.63, 3.8) is 0 Å². The summed E-state index contributed by atoms with van der Waals surface area (Å²) in [7, 11) is 0. The number of hydrogen-bond acceptors (Lipinski definition) is 1. The summed E-state index contributed by atoms with van der Waals surface area (Å²) < 4.78 is 19.2. The predicted molar refractivity (Wildman–Crippen MR) is 75.6 cm³/mol. The molecule has 0 saturated carbocycles. The van der Waals surface area contributed by atoms with Gasteiger partial charge in [0.2, 0.25) is 0 Å². The van der Waals surface area contributed by atoms with Crippen molar-refractivity contribution < 1.29 is 9.13 Å². The standard InChI is InChI=1S/C15H14BrFO/c1-2-18-13-7-8-15(17)14(9-13)12-5-3-11(10-16)4-6-12/h3-9H,2,10H2,1H3. The fourth-order valence-corrected chi connectivity index (χ4v) is 2.13. The maximum atomic E-state index is 13.8.